The van der Waals surface area contributed by atoms with Gasteiger partial charge in [-0.25, -0.2) is 4.79 Å². The Morgan fingerprint density at radius 2 is 1.76 bits per heavy atom. The Bertz CT molecular complexity index is 683. The molecule has 1 heterocycles. The molecule has 0 spiro atoms. The van der Waals surface area contributed by atoms with Gasteiger partial charge in [-0.3, -0.25) is 9.59 Å². The summed E-state index contributed by atoms with van der Waals surface area (Å²) in [6.07, 6.45) is 3.38. The maximum Gasteiger partial charge on any atom is 0.348 e. The van der Waals surface area contributed by atoms with Crippen LogP contribution in [0.2, 0.25) is 0 Å². The van der Waals surface area contributed by atoms with Gasteiger partial charge in [-0.05, 0) is 58.8 Å². The fraction of sp³-hybridized carbons (Fsp3) is 0.864. The number of cyclic esters (lactones) is 1. The van der Waals surface area contributed by atoms with E-state index in [2.05, 4.69) is 0 Å². The third-order valence-corrected chi connectivity index (χ3v) is 6.86. The Morgan fingerprint density at radius 1 is 1.14 bits per heavy atom. The molecule has 3 aliphatic rings. The van der Waals surface area contributed by atoms with Gasteiger partial charge in [-0.15, -0.1) is 0 Å². The van der Waals surface area contributed by atoms with Crippen molar-refractivity contribution >= 4 is 17.9 Å². The Balaban J connectivity index is 1.44. The zero-order chi connectivity index (χ0) is 21.6. The first kappa shape index (κ1) is 22.1. The van der Waals surface area contributed by atoms with E-state index in [1.165, 1.54) is 0 Å². The summed E-state index contributed by atoms with van der Waals surface area (Å²) in [7, 11) is 0. The van der Waals surface area contributed by atoms with Gasteiger partial charge in [0.15, 0.2) is 0 Å². The number of aliphatic hydroxyl groups is 1. The molecule has 7 nitrogen and oxygen atoms in total. The summed E-state index contributed by atoms with van der Waals surface area (Å²) in [6, 6.07) is 0. The minimum absolute atomic E-state index is 0.202. The monoisotopic (exact) mass is 410 g/mol. The molecule has 29 heavy (non-hydrogen) atoms. The zero-order valence-corrected chi connectivity index (χ0v) is 18.2. The van der Waals surface area contributed by atoms with Gasteiger partial charge in [0.1, 0.15) is 11.2 Å². The Labute approximate surface area is 172 Å². The average Bonchev–Trinajstić information content (AvgIpc) is 3.19. The molecule has 0 aromatic rings. The third-order valence-electron chi connectivity index (χ3n) is 6.86. The van der Waals surface area contributed by atoms with Crippen LogP contribution in [-0.4, -0.2) is 45.9 Å². The van der Waals surface area contributed by atoms with Crippen LogP contribution in [0.3, 0.4) is 0 Å². The largest absolute Gasteiger partial charge is 0.459 e. The topological polar surface area (TPSA) is 99.1 Å². The summed E-state index contributed by atoms with van der Waals surface area (Å²) >= 11 is 0. The quantitative estimate of drug-likeness (QED) is 0.509. The number of ether oxygens (including phenoxy) is 3. The normalized spacial score (nSPS) is 37.1. The number of hydrogen-bond donors (Lipinski definition) is 1. The van der Waals surface area contributed by atoms with E-state index < -0.39 is 40.8 Å². The lowest BCUT2D eigenvalue weighted by molar-refractivity contribution is -0.167. The summed E-state index contributed by atoms with van der Waals surface area (Å²) in [6.45, 7) is 8.93. The van der Waals surface area contributed by atoms with E-state index in [9.17, 15) is 19.5 Å². The number of carbonyl (C=O) groups is 3. The summed E-state index contributed by atoms with van der Waals surface area (Å²) in [5, 5.41) is 10.4. The SMILES string of the molecule is CC(CCC(C)C(=O)OC12CCC(C1)C(C)(O)C2)C(=O)OC1CC(C)(C)OC1=O. The summed E-state index contributed by atoms with van der Waals surface area (Å²) in [5.41, 5.74) is -1.90. The van der Waals surface area contributed by atoms with Gasteiger partial charge < -0.3 is 19.3 Å². The van der Waals surface area contributed by atoms with Gasteiger partial charge in [0.2, 0.25) is 6.10 Å². The van der Waals surface area contributed by atoms with Crippen LogP contribution in [0.15, 0.2) is 0 Å². The molecule has 6 unspecified atom stereocenters. The lowest BCUT2D eigenvalue weighted by atomic mass is 9.84. The number of hydrogen-bond acceptors (Lipinski definition) is 7. The first-order chi connectivity index (χ1) is 13.3. The second-order valence-electron chi connectivity index (χ2n) is 10.3. The molecule has 0 amide bonds. The van der Waals surface area contributed by atoms with Gasteiger partial charge in [0.05, 0.1) is 17.4 Å². The highest BCUT2D eigenvalue weighted by molar-refractivity contribution is 5.82. The van der Waals surface area contributed by atoms with Crippen molar-refractivity contribution in [2.24, 2.45) is 17.8 Å². The minimum Gasteiger partial charge on any atom is -0.459 e. The van der Waals surface area contributed by atoms with Crippen LogP contribution >= 0.6 is 0 Å². The molecule has 6 atom stereocenters. The fourth-order valence-electron chi connectivity index (χ4n) is 5.01. The highest BCUT2D eigenvalue weighted by Gasteiger charge is 2.58. The highest BCUT2D eigenvalue weighted by Crippen LogP contribution is 2.55. The maximum absolute atomic E-state index is 12.6. The van der Waals surface area contributed by atoms with E-state index in [4.69, 9.17) is 14.2 Å². The van der Waals surface area contributed by atoms with Crippen molar-refractivity contribution in [2.75, 3.05) is 0 Å². The molecule has 2 bridgehead atoms. The van der Waals surface area contributed by atoms with E-state index in [1.807, 2.05) is 6.92 Å². The molecule has 2 saturated carbocycles. The van der Waals surface area contributed by atoms with Gasteiger partial charge in [0.25, 0.3) is 0 Å². The predicted molar refractivity (Wildman–Crippen MR) is 104 cm³/mol. The van der Waals surface area contributed by atoms with Crippen LogP contribution in [0.4, 0.5) is 0 Å². The molecule has 0 radical (unpaired) electrons. The van der Waals surface area contributed by atoms with Crippen molar-refractivity contribution in [1.29, 1.82) is 0 Å². The number of rotatable bonds is 7. The van der Waals surface area contributed by atoms with Crippen molar-refractivity contribution in [3.63, 3.8) is 0 Å². The van der Waals surface area contributed by atoms with Crippen molar-refractivity contribution < 1.29 is 33.7 Å². The van der Waals surface area contributed by atoms with E-state index in [0.717, 1.165) is 19.3 Å². The van der Waals surface area contributed by atoms with Crippen LogP contribution in [-0.2, 0) is 28.6 Å². The molecule has 164 valence electrons. The summed E-state index contributed by atoms with van der Waals surface area (Å²) in [5.74, 6) is -1.80. The van der Waals surface area contributed by atoms with Crippen molar-refractivity contribution in [1.82, 2.24) is 0 Å². The van der Waals surface area contributed by atoms with Gasteiger partial charge in [0, 0.05) is 12.8 Å². The number of esters is 3. The Kier molecular flexibility index (Phi) is 5.75. The Hall–Kier alpha value is -1.63. The molecule has 2 aliphatic carbocycles. The predicted octanol–water partition coefficient (Wildman–Crippen LogP) is 2.91. The second-order valence-corrected chi connectivity index (χ2v) is 10.3. The van der Waals surface area contributed by atoms with Gasteiger partial charge in [-0.1, -0.05) is 13.8 Å². The summed E-state index contributed by atoms with van der Waals surface area (Å²) < 4.78 is 16.4. The van der Waals surface area contributed by atoms with Crippen molar-refractivity contribution in [3.05, 3.63) is 0 Å². The number of fused-ring (bicyclic) bond motifs is 2. The fourth-order valence-corrected chi connectivity index (χ4v) is 5.01. The van der Waals surface area contributed by atoms with E-state index >= 15 is 0 Å². The maximum atomic E-state index is 12.6. The molecule has 0 aromatic heterocycles. The standard InChI is InChI=1S/C22H34O7/c1-13(17(23)27-16-11-20(3,4)28-19(16)25)6-7-14(2)18(24)29-22-9-8-15(10-22)21(5,26)12-22/h13-16,26H,6-12H2,1-5H3. The van der Waals surface area contributed by atoms with Gasteiger partial charge >= 0.3 is 17.9 Å². The molecule has 0 aromatic carbocycles. The third kappa shape index (κ3) is 4.76. The summed E-state index contributed by atoms with van der Waals surface area (Å²) in [4.78, 5) is 36.7. The first-order valence-corrected chi connectivity index (χ1v) is 10.7. The van der Waals surface area contributed by atoms with Crippen LogP contribution < -0.4 is 0 Å². The van der Waals surface area contributed by atoms with Crippen molar-refractivity contribution in [2.45, 2.75) is 102 Å². The molecule has 3 rings (SSSR count). The zero-order valence-electron chi connectivity index (χ0n) is 18.2. The van der Waals surface area contributed by atoms with Crippen LogP contribution in [0, 0.1) is 17.8 Å². The minimum atomic E-state index is -0.855. The Morgan fingerprint density at radius 3 is 2.24 bits per heavy atom. The second kappa shape index (κ2) is 7.56. The highest BCUT2D eigenvalue weighted by atomic mass is 16.6. The van der Waals surface area contributed by atoms with E-state index in [-0.39, 0.29) is 17.8 Å². The van der Waals surface area contributed by atoms with E-state index in [1.54, 1.807) is 27.7 Å². The molecule has 1 saturated heterocycles. The molecular formula is C22H34O7. The lowest BCUT2D eigenvalue weighted by Crippen LogP contribution is -2.39. The van der Waals surface area contributed by atoms with Crippen LogP contribution in [0.25, 0.3) is 0 Å². The molecule has 1 aliphatic heterocycles. The van der Waals surface area contributed by atoms with E-state index in [0.29, 0.717) is 25.7 Å². The number of carbonyl (C=O) groups excluding carboxylic acids is 3. The molecule has 1 N–H and O–H groups in total. The molecule has 3 fully saturated rings. The molecule has 7 heteroatoms. The lowest BCUT2D eigenvalue weighted by Gasteiger charge is -2.34. The van der Waals surface area contributed by atoms with Crippen LogP contribution in [0.5, 0.6) is 0 Å². The smallest absolute Gasteiger partial charge is 0.348 e. The van der Waals surface area contributed by atoms with Gasteiger partial charge in [-0.2, -0.15) is 0 Å². The first-order valence-electron chi connectivity index (χ1n) is 10.7. The molecular weight excluding hydrogens is 376 g/mol. The van der Waals surface area contributed by atoms with Crippen LogP contribution in [0.1, 0.15) is 79.6 Å². The average molecular weight is 411 g/mol. The van der Waals surface area contributed by atoms with Crippen molar-refractivity contribution in [3.8, 4) is 0 Å².